The Hall–Kier alpha value is -1.22. The summed E-state index contributed by atoms with van der Waals surface area (Å²) < 4.78 is 5.31. The van der Waals surface area contributed by atoms with E-state index in [9.17, 15) is 0 Å². The highest BCUT2D eigenvalue weighted by Gasteiger charge is 2.19. The molecule has 1 N–H and O–H groups in total. The van der Waals surface area contributed by atoms with E-state index in [-0.39, 0.29) is 0 Å². The van der Waals surface area contributed by atoms with Crippen molar-refractivity contribution in [3.63, 3.8) is 0 Å². The fraction of sp³-hybridized carbons (Fsp3) is 0.500. The zero-order valence-electron chi connectivity index (χ0n) is 9.36. The minimum absolute atomic E-state index is 0.547. The van der Waals surface area contributed by atoms with Gasteiger partial charge in [-0.3, -0.25) is 0 Å². The van der Waals surface area contributed by atoms with Crippen LogP contribution in [0.25, 0.3) is 0 Å². The molecule has 2 rings (SSSR count). The number of para-hydroxylation sites is 2. The second-order valence-electron chi connectivity index (χ2n) is 4.09. The van der Waals surface area contributed by atoms with Crippen molar-refractivity contribution < 1.29 is 4.74 Å². The number of ether oxygens (including phenoxy) is 1. The van der Waals surface area contributed by atoms with E-state index in [0.29, 0.717) is 6.04 Å². The number of hydrogen-bond donors (Lipinski definition) is 1. The van der Waals surface area contributed by atoms with Crippen LogP contribution < -0.4 is 10.1 Å². The number of likely N-dealkylation sites (N-methyl/N-ethyl adjacent to an activating group) is 1. The lowest BCUT2D eigenvalue weighted by Gasteiger charge is -2.16. The third kappa shape index (κ3) is 2.42. The van der Waals surface area contributed by atoms with Gasteiger partial charge in [0.05, 0.1) is 12.8 Å². The molecule has 1 aliphatic rings. The molecular formula is C12H18N2O. The largest absolute Gasteiger partial charge is 0.495 e. The number of likely N-dealkylation sites (tertiary alicyclic amines) is 1. The van der Waals surface area contributed by atoms with Crippen molar-refractivity contribution in [3.8, 4) is 5.75 Å². The molecule has 82 valence electrons. The van der Waals surface area contributed by atoms with E-state index in [1.807, 2.05) is 18.2 Å². The number of hydrogen-bond acceptors (Lipinski definition) is 3. The standard InChI is InChI=1S/C12H18N2O/c1-14-8-7-10(9-14)13-11-5-3-4-6-12(11)15-2/h3-6,10,13H,7-9H2,1-2H3. The van der Waals surface area contributed by atoms with Crippen molar-refractivity contribution in [2.24, 2.45) is 0 Å². The molecule has 1 heterocycles. The Labute approximate surface area is 91.0 Å². The quantitative estimate of drug-likeness (QED) is 0.816. The minimum Gasteiger partial charge on any atom is -0.495 e. The molecule has 1 atom stereocenters. The summed E-state index contributed by atoms with van der Waals surface area (Å²) in [5, 5.41) is 3.52. The van der Waals surface area contributed by atoms with Gasteiger partial charge in [0.25, 0.3) is 0 Å². The van der Waals surface area contributed by atoms with Gasteiger partial charge in [-0.05, 0) is 32.1 Å². The molecule has 15 heavy (non-hydrogen) atoms. The Morgan fingerprint density at radius 2 is 2.20 bits per heavy atom. The molecule has 0 saturated carbocycles. The monoisotopic (exact) mass is 206 g/mol. The summed E-state index contributed by atoms with van der Waals surface area (Å²) >= 11 is 0. The second kappa shape index (κ2) is 4.53. The van der Waals surface area contributed by atoms with Crippen molar-refractivity contribution >= 4 is 5.69 Å². The highest BCUT2D eigenvalue weighted by molar-refractivity contribution is 5.56. The van der Waals surface area contributed by atoms with Gasteiger partial charge in [-0.2, -0.15) is 0 Å². The third-order valence-electron chi connectivity index (χ3n) is 2.86. The molecule has 0 bridgehead atoms. The minimum atomic E-state index is 0.547. The van der Waals surface area contributed by atoms with Crippen LogP contribution in [0, 0.1) is 0 Å². The first kappa shape index (κ1) is 10.3. The van der Waals surface area contributed by atoms with E-state index in [1.165, 1.54) is 13.0 Å². The lowest BCUT2D eigenvalue weighted by atomic mass is 10.2. The lowest BCUT2D eigenvalue weighted by molar-refractivity contribution is 0.410. The molecule has 1 fully saturated rings. The van der Waals surface area contributed by atoms with Crippen LogP contribution in [0.2, 0.25) is 0 Å². The van der Waals surface area contributed by atoms with Crippen molar-refractivity contribution in [1.82, 2.24) is 4.90 Å². The maximum absolute atomic E-state index is 5.31. The summed E-state index contributed by atoms with van der Waals surface area (Å²) in [5.41, 5.74) is 1.10. The fourth-order valence-electron chi connectivity index (χ4n) is 2.04. The summed E-state index contributed by atoms with van der Waals surface area (Å²) in [5.74, 6) is 0.923. The molecule has 0 aromatic heterocycles. The van der Waals surface area contributed by atoms with Gasteiger partial charge in [-0.1, -0.05) is 12.1 Å². The molecule has 3 heteroatoms. The van der Waals surface area contributed by atoms with Gasteiger partial charge in [0.2, 0.25) is 0 Å². The first-order valence-electron chi connectivity index (χ1n) is 5.37. The van der Waals surface area contributed by atoms with E-state index in [4.69, 9.17) is 4.74 Å². The molecule has 1 aromatic rings. The summed E-state index contributed by atoms with van der Waals surface area (Å²) in [4.78, 5) is 2.34. The van der Waals surface area contributed by atoms with Crippen molar-refractivity contribution in [2.45, 2.75) is 12.5 Å². The number of anilines is 1. The van der Waals surface area contributed by atoms with Gasteiger partial charge in [0.15, 0.2) is 0 Å². The molecule has 3 nitrogen and oxygen atoms in total. The predicted molar refractivity (Wildman–Crippen MR) is 62.5 cm³/mol. The average Bonchev–Trinajstić information content (AvgIpc) is 2.65. The van der Waals surface area contributed by atoms with E-state index >= 15 is 0 Å². The van der Waals surface area contributed by atoms with E-state index in [1.54, 1.807) is 7.11 Å². The number of benzene rings is 1. The Kier molecular flexibility index (Phi) is 3.11. The summed E-state index contributed by atoms with van der Waals surface area (Å²) in [6, 6.07) is 8.62. The summed E-state index contributed by atoms with van der Waals surface area (Å²) in [6.45, 7) is 2.28. The lowest BCUT2D eigenvalue weighted by Crippen LogP contribution is -2.23. The molecule has 1 saturated heterocycles. The van der Waals surface area contributed by atoms with E-state index in [0.717, 1.165) is 18.0 Å². The maximum Gasteiger partial charge on any atom is 0.141 e. The van der Waals surface area contributed by atoms with Gasteiger partial charge in [-0.25, -0.2) is 0 Å². The number of methoxy groups -OCH3 is 1. The molecule has 1 aliphatic heterocycles. The van der Waals surface area contributed by atoms with E-state index in [2.05, 4.69) is 23.3 Å². The van der Waals surface area contributed by atoms with Crippen LogP contribution in [-0.2, 0) is 0 Å². The van der Waals surface area contributed by atoms with E-state index < -0.39 is 0 Å². The highest BCUT2D eigenvalue weighted by Crippen LogP contribution is 2.25. The molecule has 1 unspecified atom stereocenters. The van der Waals surface area contributed by atoms with Crippen LogP contribution in [0.3, 0.4) is 0 Å². The van der Waals surface area contributed by atoms with Gasteiger partial charge >= 0.3 is 0 Å². The second-order valence-corrected chi connectivity index (χ2v) is 4.09. The molecule has 0 amide bonds. The Balaban J connectivity index is 2.04. The maximum atomic E-state index is 5.31. The van der Waals surface area contributed by atoms with Crippen LogP contribution in [-0.4, -0.2) is 38.2 Å². The first-order valence-corrected chi connectivity index (χ1v) is 5.37. The highest BCUT2D eigenvalue weighted by atomic mass is 16.5. The zero-order valence-corrected chi connectivity index (χ0v) is 9.36. The van der Waals surface area contributed by atoms with Gasteiger partial charge in [0, 0.05) is 12.6 Å². The smallest absolute Gasteiger partial charge is 0.141 e. The van der Waals surface area contributed by atoms with Crippen LogP contribution in [0.5, 0.6) is 5.75 Å². The number of nitrogens with zero attached hydrogens (tertiary/aromatic N) is 1. The van der Waals surface area contributed by atoms with Gasteiger partial charge in [0.1, 0.15) is 5.75 Å². The van der Waals surface area contributed by atoms with Crippen LogP contribution in [0.1, 0.15) is 6.42 Å². The summed E-state index contributed by atoms with van der Waals surface area (Å²) in [7, 11) is 3.87. The van der Waals surface area contributed by atoms with Gasteiger partial charge in [-0.15, -0.1) is 0 Å². The predicted octanol–water partition coefficient (Wildman–Crippen LogP) is 1.81. The first-order chi connectivity index (χ1) is 7.29. The fourth-order valence-corrected chi connectivity index (χ4v) is 2.04. The van der Waals surface area contributed by atoms with Crippen LogP contribution in [0.15, 0.2) is 24.3 Å². The Bertz CT molecular complexity index is 327. The third-order valence-corrected chi connectivity index (χ3v) is 2.86. The van der Waals surface area contributed by atoms with Crippen molar-refractivity contribution in [3.05, 3.63) is 24.3 Å². The number of nitrogens with one attached hydrogen (secondary N) is 1. The van der Waals surface area contributed by atoms with Crippen molar-refractivity contribution in [1.29, 1.82) is 0 Å². The SMILES string of the molecule is COc1ccccc1NC1CCN(C)C1. The molecule has 0 aliphatic carbocycles. The molecular weight excluding hydrogens is 188 g/mol. The average molecular weight is 206 g/mol. The van der Waals surface area contributed by atoms with Crippen LogP contribution >= 0.6 is 0 Å². The molecule has 0 spiro atoms. The Morgan fingerprint density at radius 1 is 1.40 bits per heavy atom. The summed E-state index contributed by atoms with van der Waals surface area (Å²) in [6.07, 6.45) is 1.20. The van der Waals surface area contributed by atoms with Gasteiger partial charge < -0.3 is 15.0 Å². The van der Waals surface area contributed by atoms with Crippen molar-refractivity contribution in [2.75, 3.05) is 32.6 Å². The zero-order chi connectivity index (χ0) is 10.7. The molecule has 0 radical (unpaired) electrons. The topological polar surface area (TPSA) is 24.5 Å². The Morgan fingerprint density at radius 3 is 2.87 bits per heavy atom. The molecule has 1 aromatic carbocycles. The number of rotatable bonds is 3. The normalized spacial score (nSPS) is 21.6. The van der Waals surface area contributed by atoms with Crippen LogP contribution in [0.4, 0.5) is 5.69 Å².